The van der Waals surface area contributed by atoms with E-state index in [0.29, 0.717) is 19.2 Å². The summed E-state index contributed by atoms with van der Waals surface area (Å²) in [5, 5.41) is 3.86. The van der Waals surface area contributed by atoms with E-state index >= 15 is 0 Å². The van der Waals surface area contributed by atoms with E-state index in [9.17, 15) is 27.2 Å². The van der Waals surface area contributed by atoms with Crippen molar-refractivity contribution in [3.63, 3.8) is 0 Å². The molecule has 30 heavy (non-hydrogen) atoms. The third kappa shape index (κ3) is 3.46. The van der Waals surface area contributed by atoms with Crippen LogP contribution in [0.15, 0.2) is 35.1 Å². The van der Waals surface area contributed by atoms with E-state index in [4.69, 9.17) is 0 Å². The molecule has 0 saturated carbocycles. The number of aromatic nitrogens is 3. The molecule has 10 heteroatoms. The van der Waals surface area contributed by atoms with Gasteiger partial charge in [0.2, 0.25) is 5.91 Å². The van der Waals surface area contributed by atoms with Crippen LogP contribution in [0.4, 0.5) is 17.6 Å². The van der Waals surface area contributed by atoms with Crippen LogP contribution in [0, 0.1) is 12.7 Å². The van der Waals surface area contributed by atoms with Crippen molar-refractivity contribution in [1.82, 2.24) is 19.2 Å². The Labute approximate surface area is 168 Å². The number of nitrogens with zero attached hydrogens (tertiary/aromatic N) is 4. The molecule has 0 unspecified atom stereocenters. The molecule has 1 aliphatic heterocycles. The maximum absolute atomic E-state index is 13.8. The van der Waals surface area contributed by atoms with Gasteiger partial charge in [0.1, 0.15) is 18.0 Å². The first-order chi connectivity index (χ1) is 14.2. The molecule has 158 valence electrons. The van der Waals surface area contributed by atoms with Crippen molar-refractivity contribution >= 4 is 16.9 Å². The van der Waals surface area contributed by atoms with Gasteiger partial charge in [-0.2, -0.15) is 18.3 Å². The first-order valence-corrected chi connectivity index (χ1v) is 9.41. The van der Waals surface area contributed by atoms with Gasteiger partial charge in [0, 0.05) is 19.2 Å². The molecule has 1 fully saturated rings. The van der Waals surface area contributed by atoms with Crippen molar-refractivity contribution in [2.45, 2.75) is 32.5 Å². The quantitative estimate of drug-likeness (QED) is 0.609. The molecule has 1 aromatic carbocycles. The molecule has 4 rings (SSSR count). The predicted octanol–water partition coefficient (Wildman–Crippen LogP) is 3.28. The van der Waals surface area contributed by atoms with E-state index in [1.165, 1.54) is 25.1 Å². The first-order valence-electron chi connectivity index (χ1n) is 9.41. The number of amides is 1. The first kappa shape index (κ1) is 20.1. The Balaban J connectivity index is 1.99. The minimum absolute atomic E-state index is 0.0176. The largest absolute Gasteiger partial charge is 0.417 e. The lowest BCUT2D eigenvalue weighted by atomic mass is 10.1. The molecule has 0 aliphatic carbocycles. The third-order valence-corrected chi connectivity index (χ3v) is 5.21. The minimum Gasteiger partial charge on any atom is -0.341 e. The number of aryl methyl sites for hydroxylation is 1. The molecule has 1 amide bonds. The van der Waals surface area contributed by atoms with Crippen LogP contribution < -0.4 is 5.56 Å². The number of pyridine rings is 1. The molecule has 0 bridgehead atoms. The molecule has 6 nitrogen and oxygen atoms in total. The fourth-order valence-corrected chi connectivity index (χ4v) is 3.82. The standard InChI is InChI=1S/C20H18F4N4O2/c1-12-18-15(20(22,23)24)10-16(29)27(11-17(30)26-7-2-3-8-26)19(18)28(25-12)14-6-4-5-13(21)9-14/h4-6,9-10H,2-3,7-8,11H2,1H3. The Kier molecular flexibility index (Phi) is 4.87. The van der Waals surface area contributed by atoms with Gasteiger partial charge in [-0.3, -0.25) is 14.2 Å². The zero-order valence-corrected chi connectivity index (χ0v) is 16.0. The molecule has 2 aromatic heterocycles. The van der Waals surface area contributed by atoms with Gasteiger partial charge in [-0.15, -0.1) is 0 Å². The van der Waals surface area contributed by atoms with Gasteiger partial charge in [0.05, 0.1) is 22.3 Å². The maximum Gasteiger partial charge on any atom is 0.417 e. The van der Waals surface area contributed by atoms with Crippen LogP contribution in [0.5, 0.6) is 0 Å². The summed E-state index contributed by atoms with van der Waals surface area (Å²) in [6.07, 6.45) is -3.12. The minimum atomic E-state index is -4.80. The van der Waals surface area contributed by atoms with E-state index in [-0.39, 0.29) is 28.3 Å². The number of hydrogen-bond donors (Lipinski definition) is 0. The summed E-state index contributed by atoms with van der Waals surface area (Å²) in [7, 11) is 0. The number of alkyl halides is 3. The zero-order chi connectivity index (χ0) is 21.6. The molecule has 3 heterocycles. The zero-order valence-electron chi connectivity index (χ0n) is 16.0. The van der Waals surface area contributed by atoms with Crippen LogP contribution in [0.2, 0.25) is 0 Å². The predicted molar refractivity (Wildman–Crippen MR) is 101 cm³/mol. The number of likely N-dealkylation sites (tertiary alicyclic amines) is 1. The van der Waals surface area contributed by atoms with E-state index in [1.54, 1.807) is 4.90 Å². The van der Waals surface area contributed by atoms with Crippen molar-refractivity contribution in [3.05, 3.63) is 57.8 Å². The lowest BCUT2D eigenvalue weighted by Gasteiger charge is -2.18. The van der Waals surface area contributed by atoms with Crippen LogP contribution in [-0.2, 0) is 17.5 Å². The van der Waals surface area contributed by atoms with Crippen LogP contribution >= 0.6 is 0 Å². The molecule has 1 aliphatic rings. The Morgan fingerprint density at radius 3 is 2.50 bits per heavy atom. The highest BCUT2D eigenvalue weighted by atomic mass is 19.4. The molecule has 0 N–H and O–H groups in total. The lowest BCUT2D eigenvalue weighted by Crippen LogP contribution is -2.35. The van der Waals surface area contributed by atoms with Gasteiger partial charge in [0.25, 0.3) is 5.56 Å². The monoisotopic (exact) mass is 422 g/mol. The molecular formula is C20H18F4N4O2. The number of benzene rings is 1. The van der Waals surface area contributed by atoms with Gasteiger partial charge in [-0.05, 0) is 38.0 Å². The van der Waals surface area contributed by atoms with Crippen LogP contribution in [0.1, 0.15) is 24.1 Å². The second-order valence-electron chi connectivity index (χ2n) is 7.24. The highest BCUT2D eigenvalue weighted by molar-refractivity contribution is 5.86. The maximum atomic E-state index is 13.8. The van der Waals surface area contributed by atoms with Crippen molar-refractivity contribution in [2.24, 2.45) is 0 Å². The van der Waals surface area contributed by atoms with E-state index in [1.807, 2.05) is 0 Å². The van der Waals surface area contributed by atoms with E-state index < -0.39 is 29.7 Å². The number of halogens is 4. The number of hydrogen-bond acceptors (Lipinski definition) is 3. The smallest absolute Gasteiger partial charge is 0.341 e. The second kappa shape index (κ2) is 7.26. The van der Waals surface area contributed by atoms with Crippen LogP contribution in [0.3, 0.4) is 0 Å². The van der Waals surface area contributed by atoms with Gasteiger partial charge >= 0.3 is 6.18 Å². The summed E-state index contributed by atoms with van der Waals surface area (Å²) in [5.74, 6) is -0.969. The highest BCUT2D eigenvalue weighted by Crippen LogP contribution is 2.36. The van der Waals surface area contributed by atoms with Gasteiger partial charge in [-0.25, -0.2) is 9.07 Å². The SMILES string of the molecule is Cc1nn(-c2cccc(F)c2)c2c1c(C(F)(F)F)cc(=O)n2CC(=O)N1CCCC1. The molecule has 0 spiro atoms. The Morgan fingerprint density at radius 1 is 1.17 bits per heavy atom. The summed E-state index contributed by atoms with van der Waals surface area (Å²) < 4.78 is 56.9. The summed E-state index contributed by atoms with van der Waals surface area (Å²) >= 11 is 0. The molecular weight excluding hydrogens is 404 g/mol. The summed E-state index contributed by atoms with van der Waals surface area (Å²) in [6.45, 7) is 2.04. The average molecular weight is 422 g/mol. The van der Waals surface area contributed by atoms with E-state index in [2.05, 4.69) is 5.10 Å². The van der Waals surface area contributed by atoms with E-state index in [0.717, 1.165) is 28.2 Å². The average Bonchev–Trinajstić information content (AvgIpc) is 3.31. The highest BCUT2D eigenvalue weighted by Gasteiger charge is 2.36. The number of rotatable bonds is 3. The van der Waals surface area contributed by atoms with Crippen molar-refractivity contribution in [1.29, 1.82) is 0 Å². The molecule has 0 atom stereocenters. The molecule has 3 aromatic rings. The van der Waals surface area contributed by atoms with Crippen LogP contribution in [0.25, 0.3) is 16.7 Å². The van der Waals surface area contributed by atoms with Gasteiger partial charge in [0.15, 0.2) is 0 Å². The normalized spacial score (nSPS) is 14.6. The Morgan fingerprint density at radius 2 is 1.87 bits per heavy atom. The van der Waals surface area contributed by atoms with Crippen molar-refractivity contribution in [3.8, 4) is 5.69 Å². The second-order valence-corrected chi connectivity index (χ2v) is 7.24. The molecule has 0 radical (unpaired) electrons. The summed E-state index contributed by atoms with van der Waals surface area (Å²) in [4.78, 5) is 26.9. The number of carbonyl (C=O) groups excluding carboxylic acids is 1. The van der Waals surface area contributed by atoms with Gasteiger partial charge < -0.3 is 4.90 Å². The number of fused-ring (bicyclic) bond motifs is 1. The van der Waals surface area contributed by atoms with Crippen molar-refractivity contribution < 1.29 is 22.4 Å². The fourth-order valence-electron chi connectivity index (χ4n) is 3.82. The lowest BCUT2D eigenvalue weighted by molar-refractivity contribution is -0.136. The van der Waals surface area contributed by atoms with Crippen LogP contribution in [-0.4, -0.2) is 38.2 Å². The Hall–Kier alpha value is -3.17. The third-order valence-electron chi connectivity index (χ3n) is 5.21. The van der Waals surface area contributed by atoms with Gasteiger partial charge in [-0.1, -0.05) is 6.07 Å². The summed E-state index contributed by atoms with van der Waals surface area (Å²) in [5.41, 5.74) is -2.13. The molecule has 1 saturated heterocycles. The van der Waals surface area contributed by atoms with Crippen molar-refractivity contribution in [2.75, 3.05) is 13.1 Å². The summed E-state index contributed by atoms with van der Waals surface area (Å²) in [6, 6.07) is 5.63. The Bertz CT molecular complexity index is 1190. The fraction of sp³-hybridized carbons (Fsp3) is 0.350. The topological polar surface area (TPSA) is 60.1 Å². The number of carbonyl (C=O) groups is 1.